The molecule has 4 heteroatoms. The molecular weight excluding hydrogens is 168 g/mol. The molecule has 0 saturated heterocycles. The summed E-state index contributed by atoms with van der Waals surface area (Å²) in [6, 6.07) is 0.0364. The summed E-state index contributed by atoms with van der Waals surface area (Å²) in [6.45, 7) is 4.60. The molecule has 3 N–H and O–H groups in total. The Morgan fingerprint density at radius 1 is 1.46 bits per heavy atom. The summed E-state index contributed by atoms with van der Waals surface area (Å²) in [5, 5.41) is 14.6. The molecule has 0 aliphatic heterocycles. The third-order valence-electron chi connectivity index (χ3n) is 2.13. The monoisotopic (exact) mass is 188 g/mol. The molecule has 0 aromatic heterocycles. The fourth-order valence-corrected chi connectivity index (χ4v) is 0.865. The van der Waals surface area contributed by atoms with E-state index in [9.17, 15) is 4.79 Å². The van der Waals surface area contributed by atoms with Gasteiger partial charge in [-0.2, -0.15) is 0 Å². The van der Waals surface area contributed by atoms with E-state index < -0.39 is 0 Å². The van der Waals surface area contributed by atoms with Gasteiger partial charge in [0.1, 0.15) is 0 Å². The fourth-order valence-electron chi connectivity index (χ4n) is 0.865. The molecule has 0 aromatic carbocycles. The van der Waals surface area contributed by atoms with E-state index in [0.29, 0.717) is 13.0 Å². The van der Waals surface area contributed by atoms with Crippen molar-refractivity contribution in [2.45, 2.75) is 26.3 Å². The minimum Gasteiger partial charge on any atom is -0.396 e. The molecule has 0 spiro atoms. The van der Waals surface area contributed by atoms with Crippen molar-refractivity contribution in [3.8, 4) is 0 Å². The number of carbonyl (C=O) groups excluding carboxylic acids is 1. The first-order valence-electron chi connectivity index (χ1n) is 4.66. The smallest absolute Gasteiger partial charge is 0.221 e. The van der Waals surface area contributed by atoms with Crippen LogP contribution in [-0.2, 0) is 4.79 Å². The van der Waals surface area contributed by atoms with E-state index in [4.69, 9.17) is 5.11 Å². The van der Waals surface area contributed by atoms with Crippen molar-refractivity contribution in [2.24, 2.45) is 5.92 Å². The number of rotatable bonds is 6. The van der Waals surface area contributed by atoms with Gasteiger partial charge in [-0.05, 0) is 19.9 Å². The summed E-state index contributed by atoms with van der Waals surface area (Å²) in [7, 11) is 1.81. The molecule has 0 fully saturated rings. The van der Waals surface area contributed by atoms with Crippen molar-refractivity contribution >= 4 is 5.91 Å². The second kappa shape index (κ2) is 6.86. The molecule has 0 rings (SSSR count). The van der Waals surface area contributed by atoms with Gasteiger partial charge in [-0.25, -0.2) is 0 Å². The Morgan fingerprint density at radius 2 is 2.08 bits per heavy atom. The Hall–Kier alpha value is -0.610. The van der Waals surface area contributed by atoms with E-state index in [1.54, 1.807) is 0 Å². The third kappa shape index (κ3) is 5.60. The molecule has 2 atom stereocenters. The molecule has 0 radical (unpaired) electrons. The summed E-state index contributed by atoms with van der Waals surface area (Å²) in [4.78, 5) is 11.2. The quantitative estimate of drug-likeness (QED) is 0.537. The second-order valence-electron chi connectivity index (χ2n) is 3.37. The van der Waals surface area contributed by atoms with Gasteiger partial charge in [0.05, 0.1) is 0 Å². The van der Waals surface area contributed by atoms with E-state index in [1.165, 1.54) is 0 Å². The summed E-state index contributed by atoms with van der Waals surface area (Å²) in [5.74, 6) is 0.140. The van der Waals surface area contributed by atoms with Crippen molar-refractivity contribution in [1.29, 1.82) is 0 Å². The molecule has 13 heavy (non-hydrogen) atoms. The average Bonchev–Trinajstić information content (AvgIpc) is 2.13. The molecule has 4 nitrogen and oxygen atoms in total. The van der Waals surface area contributed by atoms with E-state index in [1.807, 2.05) is 20.9 Å². The van der Waals surface area contributed by atoms with Crippen molar-refractivity contribution in [3.05, 3.63) is 0 Å². The zero-order chi connectivity index (χ0) is 10.3. The van der Waals surface area contributed by atoms with Gasteiger partial charge in [0, 0.05) is 25.6 Å². The Bertz CT molecular complexity index is 151. The lowest BCUT2D eigenvalue weighted by molar-refractivity contribution is -0.122. The van der Waals surface area contributed by atoms with Crippen LogP contribution in [0.3, 0.4) is 0 Å². The molecule has 2 unspecified atom stereocenters. The highest BCUT2D eigenvalue weighted by Gasteiger charge is 2.12. The zero-order valence-electron chi connectivity index (χ0n) is 8.63. The van der Waals surface area contributed by atoms with Crippen LogP contribution in [0.4, 0.5) is 0 Å². The van der Waals surface area contributed by atoms with Gasteiger partial charge in [0.25, 0.3) is 0 Å². The van der Waals surface area contributed by atoms with Crippen LogP contribution >= 0.6 is 0 Å². The maximum absolute atomic E-state index is 11.2. The van der Waals surface area contributed by atoms with Crippen molar-refractivity contribution < 1.29 is 9.90 Å². The first-order valence-corrected chi connectivity index (χ1v) is 4.66. The topological polar surface area (TPSA) is 61.4 Å². The van der Waals surface area contributed by atoms with Gasteiger partial charge in [0.15, 0.2) is 0 Å². The van der Waals surface area contributed by atoms with E-state index in [-0.39, 0.29) is 24.5 Å². The molecule has 0 aliphatic rings. The molecule has 0 saturated carbocycles. The van der Waals surface area contributed by atoms with Crippen LogP contribution in [-0.4, -0.2) is 37.3 Å². The largest absolute Gasteiger partial charge is 0.396 e. The molecular formula is C9H20N2O2. The predicted octanol–water partition coefficient (Wildman–Crippen LogP) is -0.271. The SMILES string of the molecule is CNCCC(=O)NC(C)C(C)CO. The van der Waals surface area contributed by atoms with Crippen LogP contribution in [0.5, 0.6) is 0 Å². The maximum atomic E-state index is 11.2. The lowest BCUT2D eigenvalue weighted by Gasteiger charge is -2.19. The Morgan fingerprint density at radius 3 is 2.54 bits per heavy atom. The van der Waals surface area contributed by atoms with Crippen LogP contribution in [0.15, 0.2) is 0 Å². The first kappa shape index (κ1) is 12.4. The standard InChI is InChI=1S/C9H20N2O2/c1-7(6-12)8(2)11-9(13)4-5-10-3/h7-8,10,12H,4-6H2,1-3H3,(H,11,13). The van der Waals surface area contributed by atoms with Gasteiger partial charge >= 0.3 is 0 Å². The van der Waals surface area contributed by atoms with Gasteiger partial charge < -0.3 is 15.7 Å². The second-order valence-corrected chi connectivity index (χ2v) is 3.37. The van der Waals surface area contributed by atoms with E-state index >= 15 is 0 Å². The number of nitrogens with one attached hydrogen (secondary N) is 2. The normalized spacial score (nSPS) is 15.1. The number of amides is 1. The van der Waals surface area contributed by atoms with Crippen molar-refractivity contribution in [2.75, 3.05) is 20.2 Å². The Kier molecular flexibility index (Phi) is 6.54. The molecule has 0 aliphatic carbocycles. The third-order valence-corrected chi connectivity index (χ3v) is 2.13. The van der Waals surface area contributed by atoms with Crippen molar-refractivity contribution in [3.63, 3.8) is 0 Å². The highest BCUT2D eigenvalue weighted by Crippen LogP contribution is 2.00. The van der Waals surface area contributed by atoms with Crippen LogP contribution in [0.1, 0.15) is 20.3 Å². The molecule has 0 aromatic rings. The minimum absolute atomic E-state index is 0.0298. The molecule has 0 bridgehead atoms. The Labute approximate surface area is 79.7 Å². The number of carbonyl (C=O) groups is 1. The van der Waals surface area contributed by atoms with Crippen molar-refractivity contribution in [1.82, 2.24) is 10.6 Å². The minimum atomic E-state index is 0.0298. The Balaban J connectivity index is 3.64. The highest BCUT2D eigenvalue weighted by molar-refractivity contribution is 5.76. The summed E-state index contributed by atoms with van der Waals surface area (Å²) in [5.41, 5.74) is 0. The van der Waals surface area contributed by atoms with Gasteiger partial charge in [-0.15, -0.1) is 0 Å². The zero-order valence-corrected chi connectivity index (χ0v) is 8.63. The summed E-state index contributed by atoms with van der Waals surface area (Å²) < 4.78 is 0. The average molecular weight is 188 g/mol. The first-order chi connectivity index (χ1) is 6.11. The van der Waals surface area contributed by atoms with Crippen LogP contribution < -0.4 is 10.6 Å². The summed E-state index contributed by atoms with van der Waals surface area (Å²) in [6.07, 6.45) is 0.485. The van der Waals surface area contributed by atoms with E-state index in [0.717, 1.165) is 0 Å². The fraction of sp³-hybridized carbons (Fsp3) is 0.889. The number of hydrogen-bond donors (Lipinski definition) is 3. The van der Waals surface area contributed by atoms with Gasteiger partial charge in [0.2, 0.25) is 5.91 Å². The molecule has 1 amide bonds. The lowest BCUT2D eigenvalue weighted by atomic mass is 10.1. The van der Waals surface area contributed by atoms with Crippen LogP contribution in [0.2, 0.25) is 0 Å². The molecule has 0 heterocycles. The van der Waals surface area contributed by atoms with Crippen LogP contribution in [0.25, 0.3) is 0 Å². The van der Waals surface area contributed by atoms with Crippen LogP contribution in [0, 0.1) is 5.92 Å². The predicted molar refractivity (Wildman–Crippen MR) is 52.4 cm³/mol. The highest BCUT2D eigenvalue weighted by atomic mass is 16.3. The molecule has 78 valence electrons. The number of aliphatic hydroxyl groups excluding tert-OH is 1. The maximum Gasteiger partial charge on any atom is 0.221 e. The number of hydrogen-bond acceptors (Lipinski definition) is 3. The summed E-state index contributed by atoms with van der Waals surface area (Å²) >= 11 is 0. The van der Waals surface area contributed by atoms with Gasteiger partial charge in [-0.3, -0.25) is 4.79 Å². The lowest BCUT2D eigenvalue weighted by Crippen LogP contribution is -2.39. The number of aliphatic hydroxyl groups is 1. The van der Waals surface area contributed by atoms with E-state index in [2.05, 4.69) is 10.6 Å². The van der Waals surface area contributed by atoms with Gasteiger partial charge in [-0.1, -0.05) is 6.92 Å².